The molecule has 3 heteroatoms. The summed E-state index contributed by atoms with van der Waals surface area (Å²) in [4.78, 5) is 12.2. The third kappa shape index (κ3) is 4.43. The summed E-state index contributed by atoms with van der Waals surface area (Å²) in [5, 5.41) is 0.403. The van der Waals surface area contributed by atoms with Crippen molar-refractivity contribution in [3.63, 3.8) is 0 Å². The van der Waals surface area contributed by atoms with Crippen LogP contribution in [0.25, 0.3) is 0 Å². The van der Waals surface area contributed by atoms with Crippen LogP contribution < -0.4 is 0 Å². The zero-order valence-electron chi connectivity index (χ0n) is 15.2. The predicted molar refractivity (Wildman–Crippen MR) is 105 cm³/mol. The molecule has 0 saturated heterocycles. The lowest BCUT2D eigenvalue weighted by atomic mass is 9.61. The topological polar surface area (TPSA) is 26.3 Å². The van der Waals surface area contributed by atoms with Gasteiger partial charge in [0.05, 0.1) is 10.6 Å². The van der Waals surface area contributed by atoms with E-state index in [9.17, 15) is 4.79 Å². The standard InChI is InChI=1S/C22H27ClO2/c1-6-22(5)12-11-17(13-19(22)15(2)3)16(4)14-25-21(24)18-9-7-8-10-20(18)23/h6-10,17,19H,1-2,4,11-14H2,3,5H3/t17-,19+,22-/m1/s1. The van der Waals surface area contributed by atoms with E-state index in [1.165, 1.54) is 5.57 Å². The second-order valence-electron chi connectivity index (χ2n) is 7.29. The van der Waals surface area contributed by atoms with E-state index < -0.39 is 5.97 Å². The average Bonchev–Trinajstić information content (AvgIpc) is 2.59. The van der Waals surface area contributed by atoms with Crippen LogP contribution in [-0.2, 0) is 4.74 Å². The monoisotopic (exact) mass is 358 g/mol. The van der Waals surface area contributed by atoms with Crippen molar-refractivity contribution in [1.29, 1.82) is 0 Å². The summed E-state index contributed by atoms with van der Waals surface area (Å²) in [5.41, 5.74) is 2.60. The van der Waals surface area contributed by atoms with Crippen LogP contribution >= 0.6 is 11.6 Å². The fourth-order valence-electron chi connectivity index (χ4n) is 3.69. The predicted octanol–water partition coefficient (Wildman–Crippen LogP) is 6.24. The van der Waals surface area contributed by atoms with Crippen molar-refractivity contribution in [1.82, 2.24) is 0 Å². The first kappa shape index (κ1) is 19.5. The van der Waals surface area contributed by atoms with Crippen LogP contribution in [0.5, 0.6) is 0 Å². The quantitative estimate of drug-likeness (QED) is 0.444. The summed E-state index contributed by atoms with van der Waals surface area (Å²) in [6, 6.07) is 6.91. The normalized spacial score (nSPS) is 25.9. The maximum Gasteiger partial charge on any atom is 0.339 e. The number of halogens is 1. The summed E-state index contributed by atoms with van der Waals surface area (Å²) in [6.45, 7) is 16.9. The summed E-state index contributed by atoms with van der Waals surface area (Å²) in [7, 11) is 0. The highest BCUT2D eigenvalue weighted by Gasteiger charge is 2.38. The van der Waals surface area contributed by atoms with Gasteiger partial charge in [0.25, 0.3) is 0 Å². The molecule has 0 radical (unpaired) electrons. The number of rotatable bonds is 6. The molecule has 2 nitrogen and oxygen atoms in total. The maximum atomic E-state index is 12.2. The van der Waals surface area contributed by atoms with Gasteiger partial charge in [-0.1, -0.05) is 55.5 Å². The molecule has 0 aromatic heterocycles. The first-order chi connectivity index (χ1) is 11.8. The Morgan fingerprint density at radius 1 is 1.40 bits per heavy atom. The van der Waals surface area contributed by atoms with Crippen molar-refractivity contribution in [2.75, 3.05) is 6.61 Å². The fourth-order valence-corrected chi connectivity index (χ4v) is 3.90. The molecule has 1 aliphatic rings. The molecule has 25 heavy (non-hydrogen) atoms. The van der Waals surface area contributed by atoms with Crippen molar-refractivity contribution in [2.24, 2.45) is 17.3 Å². The number of hydrogen-bond acceptors (Lipinski definition) is 2. The van der Waals surface area contributed by atoms with E-state index >= 15 is 0 Å². The van der Waals surface area contributed by atoms with E-state index in [0.29, 0.717) is 22.4 Å². The molecule has 0 heterocycles. The largest absolute Gasteiger partial charge is 0.458 e. The number of carbonyl (C=O) groups excluding carboxylic acids is 1. The Balaban J connectivity index is 1.97. The molecule has 134 valence electrons. The van der Waals surface area contributed by atoms with Crippen LogP contribution in [0.15, 0.2) is 61.2 Å². The Kier molecular flexibility index (Phi) is 6.29. The fraction of sp³-hybridized carbons (Fsp3) is 0.409. The number of benzene rings is 1. The zero-order valence-corrected chi connectivity index (χ0v) is 15.9. The van der Waals surface area contributed by atoms with Gasteiger partial charge in [0.15, 0.2) is 0 Å². The minimum Gasteiger partial charge on any atom is -0.458 e. The number of hydrogen-bond donors (Lipinski definition) is 0. The molecule has 0 N–H and O–H groups in total. The Morgan fingerprint density at radius 2 is 2.08 bits per heavy atom. The Bertz CT molecular complexity index is 691. The van der Waals surface area contributed by atoms with Gasteiger partial charge < -0.3 is 4.74 Å². The van der Waals surface area contributed by atoms with Crippen LogP contribution in [-0.4, -0.2) is 12.6 Å². The molecule has 0 amide bonds. The molecule has 1 fully saturated rings. The second-order valence-corrected chi connectivity index (χ2v) is 7.70. The van der Waals surface area contributed by atoms with E-state index in [1.807, 2.05) is 0 Å². The number of esters is 1. The van der Waals surface area contributed by atoms with Gasteiger partial charge in [0.1, 0.15) is 6.61 Å². The third-order valence-corrected chi connectivity index (χ3v) is 5.80. The first-order valence-corrected chi connectivity index (χ1v) is 9.04. The van der Waals surface area contributed by atoms with Crippen LogP contribution in [0, 0.1) is 17.3 Å². The molecule has 0 spiro atoms. The Morgan fingerprint density at radius 3 is 2.68 bits per heavy atom. The second kappa shape index (κ2) is 8.05. The van der Waals surface area contributed by atoms with E-state index in [1.54, 1.807) is 24.3 Å². The highest BCUT2D eigenvalue weighted by atomic mass is 35.5. The van der Waals surface area contributed by atoms with Gasteiger partial charge in [-0.2, -0.15) is 0 Å². The molecule has 2 rings (SSSR count). The molecule has 1 saturated carbocycles. The maximum absolute atomic E-state index is 12.2. The number of carbonyl (C=O) groups is 1. The molecular weight excluding hydrogens is 332 g/mol. The summed E-state index contributed by atoms with van der Waals surface area (Å²) in [5.74, 6) is 0.295. The lowest BCUT2D eigenvalue weighted by Gasteiger charge is -2.43. The van der Waals surface area contributed by atoms with Crippen molar-refractivity contribution >= 4 is 17.6 Å². The molecule has 1 aromatic carbocycles. The number of allylic oxidation sites excluding steroid dienone is 2. The van der Waals surface area contributed by atoms with Crippen molar-refractivity contribution in [3.05, 3.63) is 71.8 Å². The SMILES string of the molecule is C=C[C@]1(C)CC[C@@H](C(=C)COC(=O)c2ccccc2Cl)C[C@H]1C(=C)C. The lowest BCUT2D eigenvalue weighted by molar-refractivity contribution is 0.0521. The summed E-state index contributed by atoms with van der Waals surface area (Å²) in [6.07, 6.45) is 5.09. The van der Waals surface area contributed by atoms with Gasteiger partial charge >= 0.3 is 5.97 Å². The van der Waals surface area contributed by atoms with Gasteiger partial charge in [0, 0.05) is 0 Å². The van der Waals surface area contributed by atoms with Gasteiger partial charge in [0.2, 0.25) is 0 Å². The van der Waals surface area contributed by atoms with Crippen molar-refractivity contribution in [2.45, 2.75) is 33.1 Å². The minimum absolute atomic E-state index is 0.0802. The molecular formula is C22H27ClO2. The Hall–Kier alpha value is -1.80. The highest BCUT2D eigenvalue weighted by Crippen LogP contribution is 2.48. The summed E-state index contributed by atoms with van der Waals surface area (Å²) < 4.78 is 5.43. The third-order valence-electron chi connectivity index (χ3n) is 5.47. The van der Waals surface area contributed by atoms with Gasteiger partial charge in [-0.3, -0.25) is 0 Å². The lowest BCUT2D eigenvalue weighted by Crippen LogP contribution is -2.34. The van der Waals surface area contributed by atoms with E-state index in [2.05, 4.69) is 39.7 Å². The molecule has 0 aliphatic heterocycles. The van der Waals surface area contributed by atoms with Crippen LogP contribution in [0.2, 0.25) is 5.02 Å². The van der Waals surface area contributed by atoms with Crippen molar-refractivity contribution < 1.29 is 9.53 Å². The summed E-state index contributed by atoms with van der Waals surface area (Å²) >= 11 is 6.04. The minimum atomic E-state index is -0.407. The van der Waals surface area contributed by atoms with E-state index in [4.69, 9.17) is 16.3 Å². The zero-order chi connectivity index (χ0) is 18.6. The molecule has 1 aromatic rings. The molecule has 1 aliphatic carbocycles. The van der Waals surface area contributed by atoms with Crippen molar-refractivity contribution in [3.8, 4) is 0 Å². The smallest absolute Gasteiger partial charge is 0.339 e. The van der Waals surface area contributed by atoms with Crippen LogP contribution in [0.4, 0.5) is 0 Å². The van der Waals surface area contributed by atoms with E-state index in [0.717, 1.165) is 24.8 Å². The average molecular weight is 359 g/mol. The van der Waals surface area contributed by atoms with E-state index in [-0.39, 0.29) is 12.0 Å². The molecule has 0 bridgehead atoms. The van der Waals surface area contributed by atoms with Gasteiger partial charge in [-0.15, -0.1) is 6.58 Å². The highest BCUT2D eigenvalue weighted by molar-refractivity contribution is 6.33. The molecule has 3 atom stereocenters. The first-order valence-electron chi connectivity index (χ1n) is 8.67. The Labute approximate surface area is 156 Å². The van der Waals surface area contributed by atoms with Gasteiger partial charge in [-0.05, 0) is 61.1 Å². The van der Waals surface area contributed by atoms with Gasteiger partial charge in [-0.25, -0.2) is 4.79 Å². The molecule has 0 unspecified atom stereocenters. The van der Waals surface area contributed by atoms with Crippen LogP contribution in [0.3, 0.4) is 0 Å². The van der Waals surface area contributed by atoms with Crippen LogP contribution in [0.1, 0.15) is 43.5 Å². The number of ether oxygens (including phenoxy) is 1.